The van der Waals surface area contributed by atoms with Crippen molar-refractivity contribution in [1.82, 2.24) is 20.4 Å². The first-order chi connectivity index (χ1) is 18.2. The highest BCUT2D eigenvalue weighted by Gasteiger charge is 2.54. The van der Waals surface area contributed by atoms with Crippen molar-refractivity contribution in [2.75, 3.05) is 19.6 Å². The Morgan fingerprint density at radius 2 is 1.39 bits per heavy atom. The summed E-state index contributed by atoms with van der Waals surface area (Å²) in [6.07, 6.45) is 4.58. The Morgan fingerprint density at radius 1 is 0.868 bits per heavy atom. The number of fused-ring (bicyclic) bond motifs is 1. The summed E-state index contributed by atoms with van der Waals surface area (Å²) in [6, 6.07) is 6.50. The normalized spacial score (nSPS) is 15.2. The molecule has 0 saturated carbocycles. The predicted octanol–water partition coefficient (Wildman–Crippen LogP) is 5.24. The number of ether oxygens (including phenoxy) is 2. The second-order valence-electron chi connectivity index (χ2n) is 9.63. The van der Waals surface area contributed by atoms with Crippen LogP contribution in [0.1, 0.15) is 107 Å². The summed E-state index contributed by atoms with van der Waals surface area (Å²) >= 11 is 0. The predicted molar refractivity (Wildman–Crippen MR) is 144 cm³/mol. The fourth-order valence-electron chi connectivity index (χ4n) is 4.44. The third-order valence-corrected chi connectivity index (χ3v) is 6.60. The van der Waals surface area contributed by atoms with Crippen LogP contribution >= 0.6 is 0 Å². The highest BCUT2D eigenvalue weighted by atomic mass is 16.6. The number of nitrogens with zero attached hydrogens (tertiary/aromatic N) is 2. The zero-order valence-electron chi connectivity index (χ0n) is 23.5. The van der Waals surface area contributed by atoms with Crippen molar-refractivity contribution >= 4 is 24.0 Å². The summed E-state index contributed by atoms with van der Waals surface area (Å²) in [5.74, 6) is -3.01. The summed E-state index contributed by atoms with van der Waals surface area (Å²) in [6.45, 7) is 10.4. The molecular weight excluding hydrogens is 488 g/mol. The van der Waals surface area contributed by atoms with Crippen LogP contribution in [-0.4, -0.2) is 65.5 Å². The zero-order chi connectivity index (χ0) is 28.1. The van der Waals surface area contributed by atoms with E-state index < -0.39 is 36.1 Å². The maximum Gasteiger partial charge on any atom is 0.410 e. The third-order valence-electron chi connectivity index (χ3n) is 6.60. The number of unbranched alkanes of at least 4 members (excludes halogenated alkanes) is 5. The molecule has 212 valence electrons. The van der Waals surface area contributed by atoms with Crippen LogP contribution in [0.15, 0.2) is 24.3 Å². The number of carbonyl (C=O) groups excluding carboxylic acids is 4. The summed E-state index contributed by atoms with van der Waals surface area (Å²) in [7, 11) is 0. The van der Waals surface area contributed by atoms with Gasteiger partial charge in [-0.3, -0.25) is 9.59 Å². The molecule has 0 saturated heterocycles. The summed E-state index contributed by atoms with van der Waals surface area (Å²) in [5.41, 5.74) is 0.464. The molecule has 0 spiro atoms. The van der Waals surface area contributed by atoms with Gasteiger partial charge in [-0.1, -0.05) is 65.0 Å². The van der Waals surface area contributed by atoms with Crippen LogP contribution in [0.25, 0.3) is 0 Å². The second kappa shape index (κ2) is 15.3. The number of rotatable bonds is 16. The van der Waals surface area contributed by atoms with E-state index in [4.69, 9.17) is 9.47 Å². The van der Waals surface area contributed by atoms with Crippen LogP contribution in [0.5, 0.6) is 0 Å². The van der Waals surface area contributed by atoms with E-state index in [1.165, 1.54) is 6.92 Å². The lowest BCUT2D eigenvalue weighted by molar-refractivity contribution is -0.211. The Balaban J connectivity index is 2.44. The highest BCUT2D eigenvalue weighted by Crippen LogP contribution is 2.34. The van der Waals surface area contributed by atoms with Gasteiger partial charge in [0, 0.05) is 26.6 Å². The topological polar surface area (TPSA) is 117 Å². The second-order valence-corrected chi connectivity index (χ2v) is 9.63. The molecule has 10 nitrogen and oxygen atoms in total. The minimum Gasteiger partial charge on any atom is -0.430 e. The molecule has 0 radical (unpaired) electrons. The van der Waals surface area contributed by atoms with Crippen LogP contribution < -0.4 is 10.6 Å². The molecule has 1 heterocycles. The van der Waals surface area contributed by atoms with E-state index in [0.29, 0.717) is 26.1 Å². The van der Waals surface area contributed by atoms with E-state index in [0.717, 1.165) is 49.8 Å². The number of benzene rings is 1. The average molecular weight is 533 g/mol. The van der Waals surface area contributed by atoms with Crippen molar-refractivity contribution in [3.63, 3.8) is 0 Å². The summed E-state index contributed by atoms with van der Waals surface area (Å²) in [4.78, 5) is 55.1. The fraction of sp³-hybridized carbons (Fsp3) is 0.643. The van der Waals surface area contributed by atoms with Gasteiger partial charge in [-0.15, -0.1) is 0 Å². The lowest BCUT2D eigenvalue weighted by Crippen LogP contribution is -2.66. The summed E-state index contributed by atoms with van der Waals surface area (Å²) in [5, 5.41) is 5.42. The number of hydrogen-bond donors (Lipinski definition) is 2. The molecule has 0 fully saturated rings. The van der Waals surface area contributed by atoms with Crippen LogP contribution in [-0.2, 0) is 9.47 Å². The molecule has 10 heteroatoms. The molecule has 2 unspecified atom stereocenters. The van der Waals surface area contributed by atoms with E-state index in [2.05, 4.69) is 17.6 Å². The minimum atomic E-state index is -1.86. The van der Waals surface area contributed by atoms with E-state index in [9.17, 15) is 19.2 Å². The molecule has 1 aliphatic rings. The molecule has 0 aromatic heterocycles. The van der Waals surface area contributed by atoms with Crippen molar-refractivity contribution in [2.24, 2.45) is 0 Å². The van der Waals surface area contributed by atoms with Gasteiger partial charge in [0.05, 0.1) is 11.1 Å². The number of alkyl carbamates (subject to hydrolysis) is 2. The first kappa shape index (κ1) is 31.1. The van der Waals surface area contributed by atoms with Crippen LogP contribution in [0.3, 0.4) is 0 Å². The van der Waals surface area contributed by atoms with Crippen LogP contribution in [0.4, 0.5) is 9.59 Å². The quantitative estimate of drug-likeness (QED) is 0.170. The lowest BCUT2D eigenvalue weighted by Gasteiger charge is -2.46. The standard InChI is InChI=1S/C28H44N4O6/c1-6-9-12-15-20-31(21(4)37-26(35)29-18-10-7-2)28(5,38-27(36)30-19-11-8-3)32-24(33)22-16-13-14-17-23(22)25(32)34/h13-14,16-17,21H,6-12,15,18-20H2,1-5H3,(H,29,35)(H,30,36). The molecular formula is C28H44N4O6. The largest absolute Gasteiger partial charge is 0.430 e. The molecule has 0 aliphatic carbocycles. The zero-order valence-corrected chi connectivity index (χ0v) is 23.5. The van der Waals surface area contributed by atoms with Gasteiger partial charge in [0.1, 0.15) is 0 Å². The Kier molecular flexibility index (Phi) is 12.5. The van der Waals surface area contributed by atoms with Crippen molar-refractivity contribution < 1.29 is 28.7 Å². The van der Waals surface area contributed by atoms with E-state index in [-0.39, 0.29) is 11.1 Å². The Labute approximate surface area is 226 Å². The number of imide groups is 1. The maximum absolute atomic E-state index is 13.5. The lowest BCUT2D eigenvalue weighted by atomic mass is 10.1. The Hall–Kier alpha value is -3.14. The van der Waals surface area contributed by atoms with E-state index in [1.54, 1.807) is 36.1 Å². The average Bonchev–Trinajstić information content (AvgIpc) is 3.14. The molecule has 38 heavy (non-hydrogen) atoms. The summed E-state index contributed by atoms with van der Waals surface area (Å²) < 4.78 is 11.6. The molecule has 2 atom stereocenters. The van der Waals surface area contributed by atoms with Gasteiger partial charge in [0.15, 0.2) is 6.23 Å². The van der Waals surface area contributed by atoms with E-state index in [1.807, 2.05) is 13.8 Å². The number of hydrogen-bond acceptors (Lipinski definition) is 7. The van der Waals surface area contributed by atoms with Crippen molar-refractivity contribution in [3.8, 4) is 0 Å². The Morgan fingerprint density at radius 3 is 1.92 bits per heavy atom. The molecule has 0 bridgehead atoms. The van der Waals surface area contributed by atoms with Crippen molar-refractivity contribution in [3.05, 3.63) is 35.4 Å². The van der Waals surface area contributed by atoms with Gasteiger partial charge in [-0.25, -0.2) is 19.4 Å². The van der Waals surface area contributed by atoms with Gasteiger partial charge < -0.3 is 20.1 Å². The first-order valence-electron chi connectivity index (χ1n) is 13.9. The third kappa shape index (κ3) is 7.93. The number of carbonyl (C=O) groups is 4. The van der Waals surface area contributed by atoms with Gasteiger partial charge in [0.25, 0.3) is 17.7 Å². The Bertz CT molecular complexity index is 920. The molecule has 4 amide bonds. The first-order valence-corrected chi connectivity index (χ1v) is 13.9. The highest BCUT2D eigenvalue weighted by molar-refractivity contribution is 6.21. The molecule has 1 aliphatic heterocycles. The molecule has 1 aromatic carbocycles. The van der Waals surface area contributed by atoms with Crippen molar-refractivity contribution in [2.45, 2.75) is 98.1 Å². The van der Waals surface area contributed by atoms with Crippen LogP contribution in [0, 0.1) is 0 Å². The van der Waals surface area contributed by atoms with Crippen LogP contribution in [0.2, 0.25) is 0 Å². The van der Waals surface area contributed by atoms with Gasteiger partial charge >= 0.3 is 12.2 Å². The number of nitrogens with one attached hydrogen (secondary N) is 2. The molecule has 1 aromatic rings. The number of amides is 4. The fourth-order valence-corrected chi connectivity index (χ4v) is 4.44. The maximum atomic E-state index is 13.5. The smallest absolute Gasteiger partial charge is 0.410 e. The van der Waals surface area contributed by atoms with Gasteiger partial charge in [-0.05, 0) is 38.3 Å². The van der Waals surface area contributed by atoms with Gasteiger partial charge in [-0.2, -0.15) is 0 Å². The monoisotopic (exact) mass is 532 g/mol. The van der Waals surface area contributed by atoms with Gasteiger partial charge in [0.2, 0.25) is 0 Å². The molecule has 2 N–H and O–H groups in total. The molecule has 2 rings (SSSR count). The minimum absolute atomic E-state index is 0.232. The van der Waals surface area contributed by atoms with Crippen molar-refractivity contribution in [1.29, 1.82) is 0 Å². The van der Waals surface area contributed by atoms with E-state index >= 15 is 0 Å². The SMILES string of the molecule is CCCCCCN(C(C)OC(=O)NCCCC)C(C)(OC(=O)NCCCC)N1C(=O)c2ccccc2C1=O.